The molecule has 1 heterocycles. The second-order valence-corrected chi connectivity index (χ2v) is 4.99. The van der Waals surface area contributed by atoms with Gasteiger partial charge in [0, 0.05) is 16.5 Å². The average molecular weight is 284 g/mol. The normalized spacial score (nSPS) is 19.4. The van der Waals surface area contributed by atoms with E-state index in [0.29, 0.717) is 22.2 Å². The highest BCUT2D eigenvalue weighted by atomic mass is 35.5. The Balaban J connectivity index is 2.35. The van der Waals surface area contributed by atoms with E-state index in [0.717, 1.165) is 4.90 Å². The lowest BCUT2D eigenvalue weighted by Gasteiger charge is -2.15. The van der Waals surface area contributed by atoms with E-state index in [4.69, 9.17) is 23.2 Å². The topological polar surface area (TPSA) is 37.4 Å². The molecule has 1 atom stereocenters. The molecular weight excluding hydrogens is 273 g/mol. The van der Waals surface area contributed by atoms with Gasteiger partial charge in [0.15, 0.2) is 0 Å². The fourth-order valence-corrected chi connectivity index (χ4v) is 2.53. The first-order valence-corrected chi connectivity index (χ1v) is 6.22. The van der Waals surface area contributed by atoms with Crippen LogP contribution in [0, 0.1) is 5.92 Å². The maximum Gasteiger partial charge on any atom is 0.237 e. The van der Waals surface area contributed by atoms with Crippen LogP contribution in [-0.2, 0) is 9.59 Å². The summed E-state index contributed by atoms with van der Waals surface area (Å²) in [6.07, 6.45) is 2.34. The Morgan fingerprint density at radius 2 is 1.89 bits per heavy atom. The van der Waals surface area contributed by atoms with Gasteiger partial charge in [-0.3, -0.25) is 14.5 Å². The molecule has 1 saturated heterocycles. The molecule has 0 aromatic heterocycles. The van der Waals surface area contributed by atoms with Gasteiger partial charge < -0.3 is 0 Å². The van der Waals surface area contributed by atoms with Crippen LogP contribution in [0.4, 0.5) is 5.69 Å². The molecule has 3 nitrogen and oxygen atoms in total. The number of halogens is 2. The van der Waals surface area contributed by atoms with Crippen molar-refractivity contribution in [3.05, 3.63) is 40.9 Å². The Kier molecular flexibility index (Phi) is 3.73. The molecular formula is C13H11Cl2NO2. The molecule has 0 radical (unpaired) electrons. The first-order valence-electron chi connectivity index (χ1n) is 5.46. The van der Waals surface area contributed by atoms with Crippen LogP contribution in [0.3, 0.4) is 0 Å². The zero-order valence-corrected chi connectivity index (χ0v) is 11.0. The largest absolute Gasteiger partial charge is 0.274 e. The van der Waals surface area contributed by atoms with Crippen molar-refractivity contribution in [2.24, 2.45) is 5.92 Å². The third-order valence-electron chi connectivity index (χ3n) is 2.80. The molecule has 0 aliphatic carbocycles. The molecule has 1 aliphatic heterocycles. The molecule has 0 bridgehead atoms. The van der Waals surface area contributed by atoms with Gasteiger partial charge in [-0.1, -0.05) is 29.3 Å². The standard InChI is InChI=1S/C13H11Cl2NO2/c1-2-3-8-4-12(17)16(13(8)18)11-6-9(14)5-10(15)7-11/h2,5-8H,1,3-4H2. The monoisotopic (exact) mass is 283 g/mol. The number of nitrogens with zero attached hydrogens (tertiary/aromatic N) is 1. The van der Waals surface area contributed by atoms with Crippen LogP contribution in [0.25, 0.3) is 0 Å². The highest BCUT2D eigenvalue weighted by Gasteiger charge is 2.38. The Hall–Kier alpha value is -1.32. The van der Waals surface area contributed by atoms with Crippen LogP contribution in [0.2, 0.25) is 10.0 Å². The zero-order chi connectivity index (χ0) is 13.3. The molecule has 1 aromatic rings. The third-order valence-corrected chi connectivity index (χ3v) is 3.23. The van der Waals surface area contributed by atoms with Gasteiger partial charge in [0.2, 0.25) is 11.8 Å². The van der Waals surface area contributed by atoms with Crippen LogP contribution < -0.4 is 4.90 Å². The molecule has 1 fully saturated rings. The predicted octanol–water partition coefficient (Wildman–Crippen LogP) is 3.45. The lowest BCUT2D eigenvalue weighted by Crippen LogP contribution is -2.30. The van der Waals surface area contributed by atoms with Gasteiger partial charge >= 0.3 is 0 Å². The zero-order valence-electron chi connectivity index (χ0n) is 9.53. The summed E-state index contributed by atoms with van der Waals surface area (Å²) < 4.78 is 0. The molecule has 5 heteroatoms. The quantitative estimate of drug-likeness (QED) is 0.629. The van der Waals surface area contributed by atoms with Gasteiger partial charge in [-0.15, -0.1) is 6.58 Å². The van der Waals surface area contributed by atoms with E-state index in [1.54, 1.807) is 24.3 Å². The lowest BCUT2D eigenvalue weighted by molar-refractivity contribution is -0.122. The summed E-state index contributed by atoms with van der Waals surface area (Å²) in [7, 11) is 0. The average Bonchev–Trinajstić information content (AvgIpc) is 2.53. The van der Waals surface area contributed by atoms with Crippen molar-refractivity contribution in [2.75, 3.05) is 4.90 Å². The van der Waals surface area contributed by atoms with E-state index in [-0.39, 0.29) is 24.2 Å². The molecule has 2 rings (SSSR count). The van der Waals surface area contributed by atoms with E-state index in [1.807, 2.05) is 0 Å². The Morgan fingerprint density at radius 3 is 2.44 bits per heavy atom. The molecule has 0 N–H and O–H groups in total. The van der Waals surface area contributed by atoms with E-state index < -0.39 is 0 Å². The van der Waals surface area contributed by atoms with Crippen LogP contribution in [-0.4, -0.2) is 11.8 Å². The molecule has 94 valence electrons. The molecule has 1 unspecified atom stereocenters. The Bertz CT molecular complexity index is 507. The number of hydrogen-bond donors (Lipinski definition) is 0. The first kappa shape index (κ1) is 13.1. The summed E-state index contributed by atoms with van der Waals surface area (Å²) in [5, 5.41) is 0.788. The molecule has 0 spiro atoms. The summed E-state index contributed by atoms with van der Waals surface area (Å²) >= 11 is 11.7. The fourth-order valence-electron chi connectivity index (χ4n) is 2.02. The lowest BCUT2D eigenvalue weighted by atomic mass is 10.0. The van der Waals surface area contributed by atoms with Crippen LogP contribution in [0.15, 0.2) is 30.9 Å². The van der Waals surface area contributed by atoms with Gasteiger partial charge in [0.25, 0.3) is 0 Å². The second kappa shape index (κ2) is 5.12. The number of anilines is 1. The number of carbonyl (C=O) groups is 2. The smallest absolute Gasteiger partial charge is 0.237 e. The minimum absolute atomic E-state index is 0.203. The summed E-state index contributed by atoms with van der Waals surface area (Å²) in [6, 6.07) is 4.66. The molecule has 18 heavy (non-hydrogen) atoms. The van der Waals surface area contributed by atoms with Crippen molar-refractivity contribution in [2.45, 2.75) is 12.8 Å². The van der Waals surface area contributed by atoms with Crippen molar-refractivity contribution >= 4 is 40.7 Å². The summed E-state index contributed by atoms with van der Waals surface area (Å²) in [4.78, 5) is 25.1. The van der Waals surface area contributed by atoms with Gasteiger partial charge in [-0.05, 0) is 24.6 Å². The minimum Gasteiger partial charge on any atom is -0.274 e. The summed E-state index contributed by atoms with van der Waals surface area (Å²) in [5.74, 6) is -0.781. The van der Waals surface area contributed by atoms with Crippen molar-refractivity contribution in [1.82, 2.24) is 0 Å². The Morgan fingerprint density at radius 1 is 1.28 bits per heavy atom. The van der Waals surface area contributed by atoms with E-state index in [9.17, 15) is 9.59 Å². The first-order chi connectivity index (χ1) is 8.52. The Labute approximate surface area is 115 Å². The van der Waals surface area contributed by atoms with Gasteiger partial charge in [-0.2, -0.15) is 0 Å². The molecule has 1 aliphatic rings. The highest BCUT2D eigenvalue weighted by molar-refractivity contribution is 6.35. The number of carbonyl (C=O) groups excluding carboxylic acids is 2. The highest BCUT2D eigenvalue weighted by Crippen LogP contribution is 2.32. The van der Waals surface area contributed by atoms with Crippen molar-refractivity contribution < 1.29 is 9.59 Å². The SMILES string of the molecule is C=CCC1CC(=O)N(c2cc(Cl)cc(Cl)c2)C1=O. The van der Waals surface area contributed by atoms with E-state index >= 15 is 0 Å². The maximum absolute atomic E-state index is 12.1. The number of rotatable bonds is 3. The summed E-state index contributed by atoms with van der Waals surface area (Å²) in [6.45, 7) is 3.59. The summed E-state index contributed by atoms with van der Waals surface area (Å²) in [5.41, 5.74) is 0.425. The predicted molar refractivity (Wildman–Crippen MR) is 71.9 cm³/mol. The van der Waals surface area contributed by atoms with E-state index in [2.05, 4.69) is 6.58 Å². The number of allylic oxidation sites excluding steroid dienone is 1. The minimum atomic E-state index is -0.326. The van der Waals surface area contributed by atoms with Gasteiger partial charge in [0.05, 0.1) is 11.6 Å². The van der Waals surface area contributed by atoms with Gasteiger partial charge in [0.1, 0.15) is 0 Å². The van der Waals surface area contributed by atoms with Crippen molar-refractivity contribution in [3.63, 3.8) is 0 Å². The van der Waals surface area contributed by atoms with Gasteiger partial charge in [-0.25, -0.2) is 0 Å². The third kappa shape index (κ3) is 2.42. The fraction of sp³-hybridized carbons (Fsp3) is 0.231. The van der Waals surface area contributed by atoms with Crippen LogP contribution in [0.5, 0.6) is 0 Å². The van der Waals surface area contributed by atoms with E-state index in [1.165, 1.54) is 0 Å². The number of amides is 2. The van der Waals surface area contributed by atoms with Crippen LogP contribution >= 0.6 is 23.2 Å². The van der Waals surface area contributed by atoms with Crippen LogP contribution in [0.1, 0.15) is 12.8 Å². The maximum atomic E-state index is 12.1. The number of imide groups is 1. The van der Waals surface area contributed by atoms with Crippen molar-refractivity contribution in [3.8, 4) is 0 Å². The molecule has 0 saturated carbocycles. The molecule has 1 aromatic carbocycles. The second-order valence-electron chi connectivity index (χ2n) is 4.12. The number of benzene rings is 1. The molecule has 2 amide bonds. The van der Waals surface area contributed by atoms with Crippen molar-refractivity contribution in [1.29, 1.82) is 0 Å². The number of hydrogen-bond acceptors (Lipinski definition) is 2.